The highest BCUT2D eigenvalue weighted by Crippen LogP contribution is 2.42. The summed E-state index contributed by atoms with van der Waals surface area (Å²) < 4.78 is 25.6. The number of amides is 1. The molecule has 34 heavy (non-hydrogen) atoms. The summed E-state index contributed by atoms with van der Waals surface area (Å²) in [7, 11) is 0. The fourth-order valence-electron chi connectivity index (χ4n) is 4.25. The molecule has 0 saturated carbocycles. The number of rotatable bonds is 5. The average Bonchev–Trinajstić information content (AvgIpc) is 3.13. The van der Waals surface area contributed by atoms with Gasteiger partial charge in [0, 0.05) is 10.7 Å². The van der Waals surface area contributed by atoms with Crippen molar-refractivity contribution >= 4 is 34.2 Å². The molecule has 1 aliphatic heterocycles. The summed E-state index contributed by atoms with van der Waals surface area (Å²) in [5.41, 5.74) is 1.91. The minimum atomic E-state index is -0.796. The zero-order valence-corrected chi connectivity index (χ0v) is 19.4. The van der Waals surface area contributed by atoms with Crippen molar-refractivity contribution in [1.29, 1.82) is 0 Å². The van der Waals surface area contributed by atoms with Gasteiger partial charge in [-0.2, -0.15) is 0 Å². The third-order valence-corrected chi connectivity index (χ3v) is 6.32. The lowest BCUT2D eigenvalue weighted by molar-refractivity contribution is 0.0971. The zero-order chi connectivity index (χ0) is 24.0. The van der Waals surface area contributed by atoms with Gasteiger partial charge in [-0.3, -0.25) is 14.5 Å². The van der Waals surface area contributed by atoms with Crippen LogP contribution in [-0.2, 0) is 0 Å². The number of hydrogen-bond acceptors (Lipinski definition) is 4. The number of nitrogens with zero attached hydrogens (tertiary/aromatic N) is 1. The SMILES string of the molecule is CCCOc1cccc(C2c3c(oc4ccc(F)cc4c3=O)C(=O)N2c2ccc(C)c(Cl)c2)c1. The van der Waals surface area contributed by atoms with Crippen molar-refractivity contribution in [3.63, 3.8) is 0 Å². The van der Waals surface area contributed by atoms with E-state index in [0.717, 1.165) is 18.1 Å². The Hall–Kier alpha value is -3.64. The molecule has 0 bridgehead atoms. The van der Waals surface area contributed by atoms with Crippen LogP contribution >= 0.6 is 11.6 Å². The highest BCUT2D eigenvalue weighted by atomic mass is 35.5. The lowest BCUT2D eigenvalue weighted by Crippen LogP contribution is -2.29. The van der Waals surface area contributed by atoms with Crippen LogP contribution < -0.4 is 15.1 Å². The molecule has 1 unspecified atom stereocenters. The number of aryl methyl sites for hydroxylation is 1. The van der Waals surface area contributed by atoms with Crippen LogP contribution in [0.2, 0.25) is 5.02 Å². The molecule has 5 rings (SSSR count). The number of fused-ring (bicyclic) bond motifs is 2. The van der Waals surface area contributed by atoms with Crippen LogP contribution in [0, 0.1) is 12.7 Å². The molecule has 0 radical (unpaired) electrons. The van der Waals surface area contributed by atoms with Crippen LogP contribution in [0.4, 0.5) is 10.1 Å². The molecule has 0 N–H and O–H groups in total. The second kappa shape index (κ2) is 8.61. The normalized spacial score (nSPS) is 15.1. The molecule has 1 aromatic heterocycles. The van der Waals surface area contributed by atoms with Gasteiger partial charge >= 0.3 is 0 Å². The number of benzene rings is 3. The molecule has 5 nitrogen and oxygen atoms in total. The monoisotopic (exact) mass is 477 g/mol. The Kier molecular flexibility index (Phi) is 5.62. The average molecular weight is 478 g/mol. The molecular formula is C27H21ClFNO4. The molecule has 0 spiro atoms. The fourth-order valence-corrected chi connectivity index (χ4v) is 4.43. The number of carbonyl (C=O) groups is 1. The summed E-state index contributed by atoms with van der Waals surface area (Å²) in [6.45, 7) is 4.41. The third-order valence-electron chi connectivity index (χ3n) is 5.91. The van der Waals surface area contributed by atoms with Crippen LogP contribution in [0.25, 0.3) is 11.0 Å². The maximum atomic E-state index is 14.0. The van der Waals surface area contributed by atoms with E-state index in [2.05, 4.69) is 0 Å². The first-order chi connectivity index (χ1) is 16.4. The second-order valence-corrected chi connectivity index (χ2v) is 8.65. The van der Waals surface area contributed by atoms with Crippen molar-refractivity contribution in [2.24, 2.45) is 0 Å². The Morgan fingerprint density at radius 3 is 2.68 bits per heavy atom. The van der Waals surface area contributed by atoms with Crippen molar-refractivity contribution in [2.45, 2.75) is 26.3 Å². The Labute approximate surface area is 200 Å². The van der Waals surface area contributed by atoms with Crippen LogP contribution in [0.5, 0.6) is 5.75 Å². The number of carbonyl (C=O) groups excluding carboxylic acids is 1. The van der Waals surface area contributed by atoms with Gasteiger partial charge in [0.15, 0.2) is 5.43 Å². The Balaban J connectivity index is 1.77. The van der Waals surface area contributed by atoms with E-state index in [-0.39, 0.29) is 22.3 Å². The van der Waals surface area contributed by atoms with Gasteiger partial charge in [-0.05, 0) is 66.9 Å². The van der Waals surface area contributed by atoms with Crippen molar-refractivity contribution in [2.75, 3.05) is 11.5 Å². The van der Waals surface area contributed by atoms with Crippen molar-refractivity contribution in [3.05, 3.63) is 104 Å². The van der Waals surface area contributed by atoms with Gasteiger partial charge in [0.05, 0.1) is 23.6 Å². The Morgan fingerprint density at radius 1 is 1.09 bits per heavy atom. The van der Waals surface area contributed by atoms with E-state index in [1.807, 2.05) is 38.1 Å². The first kappa shape index (κ1) is 22.2. The molecular weight excluding hydrogens is 457 g/mol. The minimum absolute atomic E-state index is 0.0642. The molecule has 0 saturated heterocycles. The molecule has 4 aromatic rings. The molecule has 2 heterocycles. The molecule has 3 aromatic carbocycles. The predicted molar refractivity (Wildman–Crippen MR) is 130 cm³/mol. The van der Waals surface area contributed by atoms with Gasteiger partial charge in [0.25, 0.3) is 5.91 Å². The highest BCUT2D eigenvalue weighted by molar-refractivity contribution is 6.31. The van der Waals surface area contributed by atoms with E-state index in [9.17, 15) is 14.0 Å². The standard InChI is InChI=1S/C27H21ClFNO4/c1-3-11-33-19-6-4-5-16(12-19)24-23-25(31)20-13-17(29)8-10-22(20)34-26(23)27(32)30(24)18-9-7-15(2)21(28)14-18/h4-10,12-14,24H,3,11H2,1-2H3. The van der Waals surface area contributed by atoms with Crippen molar-refractivity contribution in [1.82, 2.24) is 0 Å². The maximum Gasteiger partial charge on any atom is 0.295 e. The number of anilines is 1. The van der Waals surface area contributed by atoms with Gasteiger partial charge in [-0.25, -0.2) is 4.39 Å². The van der Waals surface area contributed by atoms with E-state index < -0.39 is 23.2 Å². The van der Waals surface area contributed by atoms with Crippen LogP contribution in [0.3, 0.4) is 0 Å². The lowest BCUT2D eigenvalue weighted by atomic mass is 9.98. The predicted octanol–water partition coefficient (Wildman–Crippen LogP) is 6.43. The summed E-state index contributed by atoms with van der Waals surface area (Å²) in [5.74, 6) is -0.468. The largest absolute Gasteiger partial charge is 0.494 e. The smallest absolute Gasteiger partial charge is 0.295 e. The van der Waals surface area contributed by atoms with E-state index in [4.69, 9.17) is 20.8 Å². The number of ether oxygens (including phenoxy) is 1. The molecule has 7 heteroatoms. The fraction of sp³-hybridized carbons (Fsp3) is 0.185. The van der Waals surface area contributed by atoms with Crippen LogP contribution in [0.1, 0.15) is 46.6 Å². The number of halogens is 2. The summed E-state index contributed by atoms with van der Waals surface area (Å²) in [6, 6.07) is 15.4. The first-order valence-electron chi connectivity index (χ1n) is 11.0. The Morgan fingerprint density at radius 2 is 1.91 bits per heavy atom. The summed E-state index contributed by atoms with van der Waals surface area (Å²) in [4.78, 5) is 28.7. The van der Waals surface area contributed by atoms with Crippen molar-refractivity contribution in [3.8, 4) is 5.75 Å². The molecule has 0 aliphatic carbocycles. The lowest BCUT2D eigenvalue weighted by Gasteiger charge is -2.26. The highest BCUT2D eigenvalue weighted by Gasteiger charge is 2.44. The van der Waals surface area contributed by atoms with Crippen LogP contribution in [0.15, 0.2) is 69.9 Å². The molecule has 1 atom stereocenters. The summed E-state index contributed by atoms with van der Waals surface area (Å²) in [5, 5.41) is 0.574. The molecule has 172 valence electrons. The summed E-state index contributed by atoms with van der Waals surface area (Å²) in [6.07, 6.45) is 0.837. The van der Waals surface area contributed by atoms with Gasteiger partial charge in [-0.1, -0.05) is 36.7 Å². The van der Waals surface area contributed by atoms with Gasteiger partial charge < -0.3 is 9.15 Å². The first-order valence-corrected chi connectivity index (χ1v) is 11.4. The van der Waals surface area contributed by atoms with Gasteiger partial charge in [0.1, 0.15) is 17.1 Å². The molecule has 0 fully saturated rings. The van der Waals surface area contributed by atoms with Gasteiger partial charge in [0.2, 0.25) is 5.76 Å². The third kappa shape index (κ3) is 3.64. The number of hydrogen-bond donors (Lipinski definition) is 0. The topological polar surface area (TPSA) is 59.8 Å². The van der Waals surface area contributed by atoms with E-state index >= 15 is 0 Å². The van der Waals surface area contributed by atoms with Crippen LogP contribution in [-0.4, -0.2) is 12.5 Å². The molecule has 1 aliphatic rings. The van der Waals surface area contributed by atoms with E-state index in [0.29, 0.717) is 28.6 Å². The maximum absolute atomic E-state index is 14.0. The quantitative estimate of drug-likeness (QED) is 0.332. The van der Waals surface area contributed by atoms with E-state index in [1.54, 1.807) is 18.2 Å². The summed E-state index contributed by atoms with van der Waals surface area (Å²) >= 11 is 6.38. The zero-order valence-electron chi connectivity index (χ0n) is 18.6. The Bertz CT molecular complexity index is 1500. The van der Waals surface area contributed by atoms with Gasteiger partial charge in [-0.15, -0.1) is 0 Å². The van der Waals surface area contributed by atoms with Crippen molar-refractivity contribution < 1.29 is 18.3 Å². The second-order valence-electron chi connectivity index (χ2n) is 8.25. The van der Waals surface area contributed by atoms with E-state index in [1.165, 1.54) is 17.0 Å². The molecule has 1 amide bonds. The minimum Gasteiger partial charge on any atom is -0.494 e.